The van der Waals surface area contributed by atoms with E-state index in [-0.39, 0.29) is 12.6 Å². The van der Waals surface area contributed by atoms with Gasteiger partial charge in [-0.2, -0.15) is 5.26 Å². The Bertz CT molecular complexity index is 314. The molecule has 0 aliphatic heterocycles. The second-order valence-corrected chi connectivity index (χ2v) is 4.20. The van der Waals surface area contributed by atoms with Crippen LogP contribution < -0.4 is 0 Å². The number of hydrogen-bond acceptors (Lipinski definition) is 3. The van der Waals surface area contributed by atoms with Crippen LogP contribution in [-0.2, 0) is 9.53 Å². The summed E-state index contributed by atoms with van der Waals surface area (Å²) in [5, 5.41) is 9.17. The van der Waals surface area contributed by atoms with Crippen LogP contribution >= 0.6 is 0 Å². The molecular formula is C12H17NO2. The number of nitriles is 1. The molecule has 0 aromatic rings. The van der Waals surface area contributed by atoms with Crippen molar-refractivity contribution >= 4 is 5.97 Å². The summed E-state index contributed by atoms with van der Waals surface area (Å²) in [4.78, 5) is 10.7. The van der Waals surface area contributed by atoms with Gasteiger partial charge in [-0.1, -0.05) is 11.6 Å². The third kappa shape index (κ3) is 3.09. The molecule has 0 amide bonds. The summed E-state index contributed by atoms with van der Waals surface area (Å²) >= 11 is 0. The van der Waals surface area contributed by atoms with E-state index in [0.717, 1.165) is 24.8 Å². The van der Waals surface area contributed by atoms with Gasteiger partial charge in [0.05, 0.1) is 6.07 Å². The smallest absolute Gasteiger partial charge is 0.302 e. The van der Waals surface area contributed by atoms with Crippen LogP contribution in [0.5, 0.6) is 0 Å². The number of carbonyl (C=O) groups is 1. The summed E-state index contributed by atoms with van der Waals surface area (Å²) in [7, 11) is 0. The zero-order chi connectivity index (χ0) is 11.3. The van der Waals surface area contributed by atoms with Crippen LogP contribution in [-0.4, -0.2) is 12.6 Å². The number of allylic oxidation sites excluding steroid dienone is 1. The van der Waals surface area contributed by atoms with Crippen molar-refractivity contribution in [2.45, 2.75) is 39.5 Å². The summed E-state index contributed by atoms with van der Waals surface area (Å²) in [5.74, 6) is -0.326. The van der Waals surface area contributed by atoms with Crippen LogP contribution in [0.2, 0.25) is 0 Å². The largest absolute Gasteiger partial charge is 0.464 e. The average Bonchev–Trinajstić information content (AvgIpc) is 2.27. The highest BCUT2D eigenvalue weighted by Gasteiger charge is 2.30. The van der Waals surface area contributed by atoms with E-state index in [2.05, 4.69) is 12.1 Å². The molecule has 0 aromatic carbocycles. The van der Waals surface area contributed by atoms with Gasteiger partial charge in [0, 0.05) is 6.92 Å². The lowest BCUT2D eigenvalue weighted by Gasteiger charge is -2.26. The minimum absolute atomic E-state index is 0.171. The Labute approximate surface area is 90.7 Å². The molecule has 15 heavy (non-hydrogen) atoms. The van der Waals surface area contributed by atoms with E-state index in [1.54, 1.807) is 0 Å². The Morgan fingerprint density at radius 1 is 1.67 bits per heavy atom. The third-order valence-electron chi connectivity index (χ3n) is 2.81. The van der Waals surface area contributed by atoms with E-state index in [0.29, 0.717) is 0 Å². The molecule has 1 aliphatic carbocycles. The first-order valence-electron chi connectivity index (χ1n) is 5.32. The first kappa shape index (κ1) is 11.8. The maximum atomic E-state index is 10.7. The molecule has 0 bridgehead atoms. The molecule has 3 heteroatoms. The van der Waals surface area contributed by atoms with Crippen LogP contribution in [0.15, 0.2) is 11.6 Å². The summed E-state index contributed by atoms with van der Waals surface area (Å²) in [6.07, 6.45) is 6.43. The van der Waals surface area contributed by atoms with Gasteiger partial charge in [0.2, 0.25) is 0 Å². The number of ether oxygens (including phenoxy) is 1. The summed E-state index contributed by atoms with van der Waals surface area (Å²) in [6, 6.07) is 2.26. The lowest BCUT2D eigenvalue weighted by atomic mass is 9.79. The fourth-order valence-corrected chi connectivity index (χ4v) is 1.78. The molecule has 0 N–H and O–H groups in total. The van der Waals surface area contributed by atoms with E-state index in [1.165, 1.54) is 13.3 Å². The third-order valence-corrected chi connectivity index (χ3v) is 2.81. The molecule has 0 radical (unpaired) electrons. The number of nitrogens with zero attached hydrogens (tertiary/aromatic N) is 1. The first-order chi connectivity index (χ1) is 7.08. The monoisotopic (exact) mass is 207 g/mol. The normalized spacial score (nSPS) is 19.7. The standard InChI is InChI=1S/C12H17NO2/c1-10(14)15-9-12(2,8-13)11-6-4-3-5-7-11/h6H,3-5,7,9H2,1-2H3. The van der Waals surface area contributed by atoms with Crippen molar-refractivity contribution in [1.29, 1.82) is 5.26 Å². The molecule has 1 unspecified atom stereocenters. The minimum atomic E-state index is -0.633. The first-order valence-corrected chi connectivity index (χ1v) is 5.32. The number of rotatable bonds is 3. The Hall–Kier alpha value is -1.30. The minimum Gasteiger partial charge on any atom is -0.464 e. The Kier molecular flexibility index (Phi) is 3.90. The van der Waals surface area contributed by atoms with E-state index in [4.69, 9.17) is 10.00 Å². The Morgan fingerprint density at radius 3 is 2.87 bits per heavy atom. The van der Waals surface area contributed by atoms with Gasteiger partial charge >= 0.3 is 5.97 Å². The fraction of sp³-hybridized carbons (Fsp3) is 0.667. The molecule has 0 saturated heterocycles. The van der Waals surface area contributed by atoms with Crippen molar-refractivity contribution in [2.24, 2.45) is 5.41 Å². The summed E-state index contributed by atoms with van der Waals surface area (Å²) in [6.45, 7) is 3.38. The van der Waals surface area contributed by atoms with E-state index >= 15 is 0 Å². The molecule has 3 nitrogen and oxygen atoms in total. The van der Waals surface area contributed by atoms with Crippen LogP contribution in [0.4, 0.5) is 0 Å². The van der Waals surface area contributed by atoms with Gasteiger partial charge in [0.15, 0.2) is 0 Å². The highest BCUT2D eigenvalue weighted by molar-refractivity contribution is 5.66. The molecule has 1 atom stereocenters. The van der Waals surface area contributed by atoms with Crippen molar-refractivity contribution in [2.75, 3.05) is 6.61 Å². The summed E-state index contributed by atoms with van der Waals surface area (Å²) in [5.41, 5.74) is 0.490. The molecule has 0 saturated carbocycles. The maximum absolute atomic E-state index is 10.7. The predicted octanol–water partition coefficient (Wildman–Crippen LogP) is 2.58. The quantitative estimate of drug-likeness (QED) is 0.528. The van der Waals surface area contributed by atoms with Crippen LogP contribution in [0, 0.1) is 16.7 Å². The zero-order valence-electron chi connectivity index (χ0n) is 9.38. The molecule has 1 rings (SSSR count). The van der Waals surface area contributed by atoms with Crippen molar-refractivity contribution in [1.82, 2.24) is 0 Å². The van der Waals surface area contributed by atoms with Gasteiger partial charge in [0.1, 0.15) is 12.0 Å². The Balaban J connectivity index is 2.71. The predicted molar refractivity (Wildman–Crippen MR) is 56.9 cm³/mol. The van der Waals surface area contributed by atoms with Gasteiger partial charge in [-0.3, -0.25) is 4.79 Å². The van der Waals surface area contributed by atoms with Gasteiger partial charge in [-0.15, -0.1) is 0 Å². The number of carbonyl (C=O) groups excluding carboxylic acids is 1. The Morgan fingerprint density at radius 2 is 2.40 bits per heavy atom. The second-order valence-electron chi connectivity index (χ2n) is 4.20. The number of hydrogen-bond donors (Lipinski definition) is 0. The fourth-order valence-electron chi connectivity index (χ4n) is 1.78. The molecule has 0 heterocycles. The molecule has 0 spiro atoms. The van der Waals surface area contributed by atoms with Gasteiger partial charge in [-0.25, -0.2) is 0 Å². The van der Waals surface area contributed by atoms with Crippen LogP contribution in [0.25, 0.3) is 0 Å². The van der Waals surface area contributed by atoms with Crippen molar-refractivity contribution < 1.29 is 9.53 Å². The van der Waals surface area contributed by atoms with Crippen LogP contribution in [0.1, 0.15) is 39.5 Å². The molecule has 1 aliphatic rings. The zero-order valence-corrected chi connectivity index (χ0v) is 9.38. The van der Waals surface area contributed by atoms with Crippen molar-refractivity contribution in [3.63, 3.8) is 0 Å². The lowest BCUT2D eigenvalue weighted by molar-refractivity contribution is -0.142. The van der Waals surface area contributed by atoms with Gasteiger partial charge in [-0.05, 0) is 32.6 Å². The summed E-state index contributed by atoms with van der Waals surface area (Å²) < 4.78 is 4.95. The maximum Gasteiger partial charge on any atom is 0.302 e. The van der Waals surface area contributed by atoms with E-state index in [1.807, 2.05) is 6.92 Å². The van der Waals surface area contributed by atoms with Crippen LogP contribution in [0.3, 0.4) is 0 Å². The van der Waals surface area contributed by atoms with E-state index < -0.39 is 5.41 Å². The topological polar surface area (TPSA) is 50.1 Å². The van der Waals surface area contributed by atoms with Crippen molar-refractivity contribution in [3.8, 4) is 6.07 Å². The molecule has 0 aromatic heterocycles. The SMILES string of the molecule is CC(=O)OCC(C)(C#N)C1=CCCCC1. The molecule has 0 fully saturated rings. The van der Waals surface area contributed by atoms with E-state index in [9.17, 15) is 4.79 Å². The molecule has 82 valence electrons. The average molecular weight is 207 g/mol. The molecular weight excluding hydrogens is 190 g/mol. The second kappa shape index (κ2) is 4.97. The highest BCUT2D eigenvalue weighted by Crippen LogP contribution is 2.33. The lowest BCUT2D eigenvalue weighted by Crippen LogP contribution is -2.26. The van der Waals surface area contributed by atoms with Gasteiger partial charge in [0.25, 0.3) is 0 Å². The van der Waals surface area contributed by atoms with Gasteiger partial charge < -0.3 is 4.74 Å². The highest BCUT2D eigenvalue weighted by atomic mass is 16.5. The number of esters is 1. The van der Waals surface area contributed by atoms with Crippen molar-refractivity contribution in [3.05, 3.63) is 11.6 Å².